The van der Waals surface area contributed by atoms with Crippen LogP contribution in [0.4, 0.5) is 0 Å². The molecule has 1 rings (SSSR count). The van der Waals surface area contributed by atoms with Gasteiger partial charge in [0.2, 0.25) is 0 Å². The maximum absolute atomic E-state index is 8.56. The van der Waals surface area contributed by atoms with Crippen molar-refractivity contribution in [3.8, 4) is 0 Å². The van der Waals surface area contributed by atoms with Gasteiger partial charge in [-0.2, -0.15) is 5.10 Å². The van der Waals surface area contributed by atoms with Gasteiger partial charge in [-0.15, -0.1) is 0 Å². The van der Waals surface area contributed by atoms with Gasteiger partial charge < -0.3 is 5.11 Å². The van der Waals surface area contributed by atoms with Gasteiger partial charge in [-0.1, -0.05) is 13.8 Å². The quantitative estimate of drug-likeness (QED) is 0.730. The third kappa shape index (κ3) is 3.05. The summed E-state index contributed by atoms with van der Waals surface area (Å²) < 4.78 is 1.75. The van der Waals surface area contributed by atoms with E-state index in [1.54, 1.807) is 4.68 Å². The maximum atomic E-state index is 8.56. The topological polar surface area (TPSA) is 38.0 Å². The molecule has 1 aromatic heterocycles. The first kappa shape index (κ1) is 11.2. The molecule has 0 fully saturated rings. The molecule has 0 saturated heterocycles. The molecule has 0 radical (unpaired) electrons. The molecular weight excluding hydrogens is 152 g/mol. The first-order valence-corrected chi connectivity index (χ1v) is 4.35. The van der Waals surface area contributed by atoms with Crippen LogP contribution in [0.5, 0.6) is 0 Å². The van der Waals surface area contributed by atoms with Crippen molar-refractivity contribution >= 4 is 0 Å². The van der Waals surface area contributed by atoms with Gasteiger partial charge in [-0.25, -0.2) is 0 Å². The van der Waals surface area contributed by atoms with E-state index in [0.29, 0.717) is 6.54 Å². The van der Waals surface area contributed by atoms with Gasteiger partial charge in [0.05, 0.1) is 18.8 Å². The third-order valence-electron chi connectivity index (χ3n) is 1.52. The van der Waals surface area contributed by atoms with E-state index in [-0.39, 0.29) is 6.61 Å². The Labute approximate surface area is 74.0 Å². The van der Waals surface area contributed by atoms with E-state index in [9.17, 15) is 0 Å². The molecule has 0 spiro atoms. The molecule has 0 saturated carbocycles. The lowest BCUT2D eigenvalue weighted by Crippen LogP contribution is -2.02. The average molecular weight is 170 g/mol. The molecule has 0 unspecified atom stereocenters. The van der Waals surface area contributed by atoms with Gasteiger partial charge in [0.15, 0.2) is 0 Å². The number of hydrogen-bond donors (Lipinski definition) is 1. The zero-order chi connectivity index (χ0) is 9.56. The molecule has 1 N–H and O–H groups in total. The predicted molar refractivity (Wildman–Crippen MR) is 50.1 cm³/mol. The highest BCUT2D eigenvalue weighted by molar-refractivity contribution is 5.12. The zero-order valence-electron chi connectivity index (χ0n) is 8.33. The molecule has 0 bridgehead atoms. The molecule has 1 heterocycles. The normalized spacial score (nSPS) is 9.08. The molecule has 3 heteroatoms. The summed E-state index contributed by atoms with van der Waals surface area (Å²) in [5, 5.41) is 12.7. The minimum absolute atomic E-state index is 0.153. The first-order chi connectivity index (χ1) is 5.74. The van der Waals surface area contributed by atoms with Gasteiger partial charge in [0.1, 0.15) is 0 Å². The van der Waals surface area contributed by atoms with Crippen LogP contribution in [0, 0.1) is 13.8 Å². The first-order valence-electron chi connectivity index (χ1n) is 4.35. The van der Waals surface area contributed by atoms with Crippen LogP contribution in [0.1, 0.15) is 25.1 Å². The van der Waals surface area contributed by atoms with E-state index >= 15 is 0 Å². The number of aliphatic hydroxyl groups excluding tert-OH is 1. The molecule has 0 amide bonds. The van der Waals surface area contributed by atoms with Gasteiger partial charge in [0, 0.05) is 6.20 Å². The molecule has 70 valence electrons. The average Bonchev–Trinajstić information content (AvgIpc) is 2.36. The second-order valence-electron chi connectivity index (χ2n) is 2.38. The molecule has 1 aromatic rings. The van der Waals surface area contributed by atoms with Crippen LogP contribution in [0.3, 0.4) is 0 Å². The third-order valence-corrected chi connectivity index (χ3v) is 1.52. The van der Waals surface area contributed by atoms with Crippen LogP contribution in [-0.2, 0) is 6.54 Å². The van der Waals surface area contributed by atoms with Crippen LogP contribution in [0.15, 0.2) is 6.20 Å². The fourth-order valence-corrected chi connectivity index (χ4v) is 0.834. The number of hydrogen-bond acceptors (Lipinski definition) is 2. The summed E-state index contributed by atoms with van der Waals surface area (Å²) in [7, 11) is 0. The molecular formula is C9H18N2O. The van der Waals surface area contributed by atoms with E-state index in [1.807, 2.05) is 33.9 Å². The molecule has 12 heavy (non-hydrogen) atoms. The Morgan fingerprint density at radius 1 is 1.42 bits per heavy atom. The number of aliphatic hydroxyl groups is 1. The van der Waals surface area contributed by atoms with E-state index in [4.69, 9.17) is 5.11 Å². The van der Waals surface area contributed by atoms with E-state index < -0.39 is 0 Å². The maximum Gasteiger partial charge on any atom is 0.0641 e. The Morgan fingerprint density at radius 2 is 2.00 bits per heavy atom. The summed E-state index contributed by atoms with van der Waals surface area (Å²) in [4.78, 5) is 0. The lowest BCUT2D eigenvalue weighted by molar-refractivity contribution is 0.269. The van der Waals surface area contributed by atoms with Crippen molar-refractivity contribution in [3.63, 3.8) is 0 Å². The molecule has 0 aromatic carbocycles. The SMILES string of the molecule is CC.Cc1cn(CCO)nc1C. The molecule has 0 aliphatic carbocycles. The predicted octanol–water partition coefficient (Wildman–Crippen LogP) is 1.52. The molecule has 3 nitrogen and oxygen atoms in total. The van der Waals surface area contributed by atoms with Crippen LogP contribution >= 0.6 is 0 Å². The zero-order valence-corrected chi connectivity index (χ0v) is 8.33. The highest BCUT2D eigenvalue weighted by Crippen LogP contribution is 2.01. The van der Waals surface area contributed by atoms with E-state index in [1.165, 1.54) is 5.56 Å². The number of aromatic nitrogens is 2. The summed E-state index contributed by atoms with van der Waals surface area (Å²) in [6.45, 7) is 8.72. The highest BCUT2D eigenvalue weighted by Gasteiger charge is 1.97. The summed E-state index contributed by atoms with van der Waals surface area (Å²) in [5.41, 5.74) is 2.21. The monoisotopic (exact) mass is 170 g/mol. The Balaban J connectivity index is 0.000000561. The van der Waals surface area contributed by atoms with Crippen molar-refractivity contribution in [3.05, 3.63) is 17.5 Å². The minimum atomic E-state index is 0.153. The Morgan fingerprint density at radius 3 is 2.33 bits per heavy atom. The molecule has 0 atom stereocenters. The molecule has 0 aliphatic heterocycles. The van der Waals surface area contributed by atoms with Crippen molar-refractivity contribution in [2.75, 3.05) is 6.61 Å². The Hall–Kier alpha value is -0.830. The summed E-state index contributed by atoms with van der Waals surface area (Å²) in [5.74, 6) is 0. The largest absolute Gasteiger partial charge is 0.394 e. The van der Waals surface area contributed by atoms with Crippen LogP contribution in [0.25, 0.3) is 0 Å². The van der Waals surface area contributed by atoms with Crippen molar-refractivity contribution in [1.82, 2.24) is 9.78 Å². The Bertz CT molecular complexity index is 199. The summed E-state index contributed by atoms with van der Waals surface area (Å²) in [6.07, 6.45) is 1.94. The van der Waals surface area contributed by atoms with Gasteiger partial charge in [0.25, 0.3) is 0 Å². The van der Waals surface area contributed by atoms with Crippen LogP contribution in [-0.4, -0.2) is 21.5 Å². The number of rotatable bonds is 2. The highest BCUT2D eigenvalue weighted by atomic mass is 16.3. The number of aryl methyl sites for hydroxylation is 2. The molecule has 0 aliphatic rings. The summed E-state index contributed by atoms with van der Waals surface area (Å²) >= 11 is 0. The summed E-state index contributed by atoms with van der Waals surface area (Å²) in [6, 6.07) is 0. The van der Waals surface area contributed by atoms with Gasteiger partial charge in [-0.05, 0) is 19.4 Å². The second kappa shape index (κ2) is 5.77. The van der Waals surface area contributed by atoms with Crippen LogP contribution in [0.2, 0.25) is 0 Å². The minimum Gasteiger partial charge on any atom is -0.394 e. The standard InChI is InChI=1S/C7H12N2O.C2H6/c1-6-5-9(3-4-10)8-7(6)2;1-2/h5,10H,3-4H2,1-2H3;1-2H3. The lowest BCUT2D eigenvalue weighted by Gasteiger charge is -1.93. The lowest BCUT2D eigenvalue weighted by atomic mass is 10.3. The van der Waals surface area contributed by atoms with Crippen molar-refractivity contribution < 1.29 is 5.11 Å². The van der Waals surface area contributed by atoms with E-state index in [0.717, 1.165) is 5.69 Å². The fourth-order valence-electron chi connectivity index (χ4n) is 0.834. The van der Waals surface area contributed by atoms with Crippen molar-refractivity contribution in [1.29, 1.82) is 0 Å². The Kier molecular flexibility index (Phi) is 5.37. The van der Waals surface area contributed by atoms with Crippen molar-refractivity contribution in [2.24, 2.45) is 0 Å². The van der Waals surface area contributed by atoms with Gasteiger partial charge >= 0.3 is 0 Å². The van der Waals surface area contributed by atoms with Gasteiger partial charge in [-0.3, -0.25) is 4.68 Å². The number of nitrogens with zero attached hydrogens (tertiary/aromatic N) is 2. The second-order valence-corrected chi connectivity index (χ2v) is 2.38. The fraction of sp³-hybridized carbons (Fsp3) is 0.667. The van der Waals surface area contributed by atoms with E-state index in [2.05, 4.69) is 5.10 Å². The smallest absolute Gasteiger partial charge is 0.0641 e. The van der Waals surface area contributed by atoms with Crippen LogP contribution < -0.4 is 0 Å². The van der Waals surface area contributed by atoms with Crippen molar-refractivity contribution in [2.45, 2.75) is 34.2 Å².